The van der Waals surface area contributed by atoms with Crippen molar-refractivity contribution in [3.05, 3.63) is 88.2 Å². The van der Waals surface area contributed by atoms with Crippen molar-refractivity contribution in [1.29, 1.82) is 0 Å². The first-order chi connectivity index (χ1) is 16.9. The van der Waals surface area contributed by atoms with Gasteiger partial charge in [0.2, 0.25) is 5.91 Å². The lowest BCUT2D eigenvalue weighted by Crippen LogP contribution is -2.41. The lowest BCUT2D eigenvalue weighted by Gasteiger charge is -2.32. The number of rotatable bonds is 6. The molecule has 5 rings (SSSR count). The average molecular weight is 493 g/mol. The number of fused-ring (bicyclic) bond motifs is 2. The van der Waals surface area contributed by atoms with Gasteiger partial charge in [-0.25, -0.2) is 4.98 Å². The summed E-state index contributed by atoms with van der Waals surface area (Å²) in [4.78, 5) is 32.6. The predicted molar refractivity (Wildman–Crippen MR) is 131 cm³/mol. The molecule has 2 unspecified atom stereocenters. The number of carbonyl (C=O) groups excluding carboxylic acids is 2. The summed E-state index contributed by atoms with van der Waals surface area (Å²) in [5, 5.41) is 17.6. The molecule has 1 aliphatic carbocycles. The van der Waals surface area contributed by atoms with E-state index in [1.54, 1.807) is 12.3 Å². The predicted octanol–water partition coefficient (Wildman–Crippen LogP) is 4.14. The maximum atomic E-state index is 13.2. The first-order valence-corrected chi connectivity index (χ1v) is 11.8. The van der Waals surface area contributed by atoms with Crippen LogP contribution in [0.1, 0.15) is 57.9 Å². The van der Waals surface area contributed by atoms with Crippen molar-refractivity contribution in [3.63, 3.8) is 0 Å². The maximum Gasteiger partial charge on any atom is 0.287 e. The van der Waals surface area contributed by atoms with E-state index in [2.05, 4.69) is 20.6 Å². The Bertz CT molecular complexity index is 1380. The summed E-state index contributed by atoms with van der Waals surface area (Å²) in [6, 6.07) is 12.6. The summed E-state index contributed by atoms with van der Waals surface area (Å²) in [7, 11) is 0. The number of amides is 2. The average Bonchev–Trinajstić information content (AvgIpc) is 3.49. The second-order valence-electron chi connectivity index (χ2n) is 8.76. The molecule has 0 saturated carbocycles. The van der Waals surface area contributed by atoms with E-state index in [9.17, 15) is 14.7 Å². The van der Waals surface area contributed by atoms with Crippen molar-refractivity contribution in [2.75, 3.05) is 0 Å². The first kappa shape index (κ1) is 23.1. The second-order valence-corrected chi connectivity index (χ2v) is 9.17. The third-order valence-corrected chi connectivity index (χ3v) is 6.80. The third-order valence-electron chi connectivity index (χ3n) is 6.51. The van der Waals surface area contributed by atoms with Crippen molar-refractivity contribution in [2.24, 2.45) is 0 Å². The van der Waals surface area contributed by atoms with Gasteiger partial charge in [-0.2, -0.15) is 0 Å². The number of halogens is 1. The molecule has 2 heterocycles. The molecule has 9 heteroatoms. The van der Waals surface area contributed by atoms with Crippen LogP contribution in [0.25, 0.3) is 11.0 Å². The van der Waals surface area contributed by atoms with Crippen LogP contribution in [0.4, 0.5) is 0 Å². The molecule has 0 aliphatic heterocycles. The topological polar surface area (TPSA) is 120 Å². The number of nitrogens with zero attached hydrogens (tertiary/aromatic N) is 1. The molecule has 0 spiro atoms. The number of aliphatic hydroxyl groups excluding tert-OH is 1. The summed E-state index contributed by atoms with van der Waals surface area (Å²) >= 11 is 6.24. The molecule has 0 saturated heterocycles. The highest BCUT2D eigenvalue weighted by Crippen LogP contribution is 2.37. The fourth-order valence-corrected chi connectivity index (χ4v) is 4.92. The van der Waals surface area contributed by atoms with Gasteiger partial charge in [-0.3, -0.25) is 9.59 Å². The van der Waals surface area contributed by atoms with Gasteiger partial charge in [0.15, 0.2) is 11.3 Å². The van der Waals surface area contributed by atoms with Gasteiger partial charge in [0.05, 0.1) is 23.4 Å². The minimum absolute atomic E-state index is 0.153. The van der Waals surface area contributed by atoms with E-state index >= 15 is 0 Å². The first-order valence-electron chi connectivity index (χ1n) is 11.5. The van der Waals surface area contributed by atoms with Crippen LogP contribution in [0.15, 0.2) is 59.4 Å². The van der Waals surface area contributed by atoms with E-state index in [1.165, 1.54) is 6.33 Å². The van der Waals surface area contributed by atoms with Crippen LogP contribution in [0.2, 0.25) is 5.02 Å². The van der Waals surface area contributed by atoms with Gasteiger partial charge in [-0.1, -0.05) is 48.0 Å². The minimum Gasteiger partial charge on any atom is -0.449 e. The molecule has 0 bridgehead atoms. The zero-order valence-electron chi connectivity index (χ0n) is 19.0. The Labute approximate surface area is 206 Å². The molecule has 2 aromatic heterocycles. The van der Waals surface area contributed by atoms with E-state index < -0.39 is 12.0 Å². The van der Waals surface area contributed by atoms with E-state index in [-0.39, 0.29) is 30.2 Å². The highest BCUT2D eigenvalue weighted by Gasteiger charge is 2.31. The molecule has 4 N–H and O–H groups in total. The van der Waals surface area contributed by atoms with Crippen LogP contribution < -0.4 is 10.6 Å². The summed E-state index contributed by atoms with van der Waals surface area (Å²) in [6.45, 7) is 1.84. The van der Waals surface area contributed by atoms with Crippen molar-refractivity contribution in [3.8, 4) is 0 Å². The van der Waals surface area contributed by atoms with Crippen molar-refractivity contribution >= 4 is 34.4 Å². The number of hydrogen-bond acceptors (Lipinski definition) is 5. The van der Waals surface area contributed by atoms with Crippen molar-refractivity contribution in [2.45, 2.75) is 44.4 Å². The number of para-hydroxylation sites is 1. The standard InChI is InChI=1S/C26H25ClN4O4/c1-14-16-7-4-8-19(27)24(16)35-23(14)26(34)31-21-10-9-20(17-5-2-3-6-18(17)21)30-25(33)22(32)11-15-12-28-13-29-15/h2-8,12-13,20-22,32H,9-11H2,1H3,(H,28,29)(H,30,33)(H,31,34)/t20?,21?,22-/m1/s1. The number of nitrogens with one attached hydrogen (secondary N) is 3. The van der Waals surface area contributed by atoms with Crippen LogP contribution in [-0.4, -0.2) is 33.0 Å². The van der Waals surface area contributed by atoms with Gasteiger partial charge < -0.3 is 25.1 Å². The Kier molecular flexibility index (Phi) is 6.32. The quantitative estimate of drug-likeness (QED) is 0.322. The minimum atomic E-state index is -1.19. The highest BCUT2D eigenvalue weighted by atomic mass is 35.5. The zero-order valence-corrected chi connectivity index (χ0v) is 19.8. The molecular formula is C26H25ClN4O4. The van der Waals surface area contributed by atoms with E-state index in [0.717, 1.165) is 22.1 Å². The van der Waals surface area contributed by atoms with Gasteiger partial charge in [0.25, 0.3) is 5.91 Å². The Morgan fingerprint density at radius 1 is 1.14 bits per heavy atom. The lowest BCUT2D eigenvalue weighted by atomic mass is 9.84. The van der Waals surface area contributed by atoms with Gasteiger partial charge in [-0.05, 0) is 37.0 Å². The van der Waals surface area contributed by atoms with Gasteiger partial charge in [0.1, 0.15) is 6.10 Å². The molecular weight excluding hydrogens is 468 g/mol. The van der Waals surface area contributed by atoms with Crippen molar-refractivity contribution in [1.82, 2.24) is 20.6 Å². The summed E-state index contributed by atoms with van der Waals surface area (Å²) in [5.41, 5.74) is 3.75. The molecule has 8 nitrogen and oxygen atoms in total. The van der Waals surface area contributed by atoms with Crippen LogP contribution in [0.3, 0.4) is 0 Å². The monoisotopic (exact) mass is 492 g/mol. The Morgan fingerprint density at radius 2 is 1.86 bits per heavy atom. The van der Waals surface area contributed by atoms with Crippen molar-refractivity contribution < 1.29 is 19.1 Å². The molecule has 180 valence electrons. The second kappa shape index (κ2) is 9.56. The maximum absolute atomic E-state index is 13.2. The van der Waals surface area contributed by atoms with Crippen LogP contribution in [0, 0.1) is 6.92 Å². The molecule has 0 radical (unpaired) electrons. The molecule has 35 heavy (non-hydrogen) atoms. The zero-order chi connectivity index (χ0) is 24.5. The van der Waals surface area contributed by atoms with E-state index in [1.807, 2.05) is 43.3 Å². The van der Waals surface area contributed by atoms with Crippen LogP contribution in [-0.2, 0) is 11.2 Å². The number of aromatic nitrogens is 2. The smallest absolute Gasteiger partial charge is 0.287 e. The summed E-state index contributed by atoms with van der Waals surface area (Å²) in [6.07, 6.45) is 3.27. The van der Waals surface area contributed by atoms with E-state index in [4.69, 9.17) is 16.0 Å². The molecule has 3 atom stereocenters. The number of carbonyl (C=O) groups is 2. The number of imidazole rings is 1. The Morgan fingerprint density at radius 3 is 2.51 bits per heavy atom. The Balaban J connectivity index is 1.32. The summed E-state index contributed by atoms with van der Waals surface area (Å²) in [5.74, 6) is -0.522. The normalized spacial score (nSPS) is 18.1. The number of H-pyrrole nitrogens is 1. The fourth-order valence-electron chi connectivity index (χ4n) is 4.70. The number of aryl methyl sites for hydroxylation is 1. The summed E-state index contributed by atoms with van der Waals surface area (Å²) < 4.78 is 5.83. The molecule has 2 aromatic carbocycles. The Hall–Kier alpha value is -3.62. The van der Waals surface area contributed by atoms with Crippen LogP contribution in [0.5, 0.6) is 0 Å². The number of aromatic amines is 1. The highest BCUT2D eigenvalue weighted by molar-refractivity contribution is 6.35. The molecule has 1 aliphatic rings. The molecule has 4 aromatic rings. The van der Waals surface area contributed by atoms with E-state index in [0.29, 0.717) is 29.1 Å². The number of hydrogen-bond donors (Lipinski definition) is 4. The van der Waals surface area contributed by atoms with Gasteiger partial charge >= 0.3 is 0 Å². The fraction of sp³-hybridized carbons (Fsp3) is 0.269. The number of aliphatic hydroxyl groups is 1. The number of furan rings is 1. The largest absolute Gasteiger partial charge is 0.449 e. The van der Waals surface area contributed by atoms with Gasteiger partial charge in [0, 0.05) is 29.3 Å². The SMILES string of the molecule is Cc1c(C(=O)NC2CCC(NC(=O)[C@H](O)Cc3cnc[nH]3)c3ccccc32)oc2c(Cl)cccc12. The van der Waals surface area contributed by atoms with Gasteiger partial charge in [-0.15, -0.1) is 0 Å². The van der Waals surface area contributed by atoms with Crippen LogP contribution >= 0.6 is 11.6 Å². The lowest BCUT2D eigenvalue weighted by molar-refractivity contribution is -0.130. The molecule has 2 amide bonds. The third kappa shape index (κ3) is 4.54. The number of benzene rings is 2. The molecule has 0 fully saturated rings.